The molecule has 8 heteroatoms. The number of benzene rings is 3. The summed E-state index contributed by atoms with van der Waals surface area (Å²) in [5.41, 5.74) is 4.44. The number of aromatic nitrogens is 2. The lowest BCUT2D eigenvalue weighted by Crippen LogP contribution is -2.35. The van der Waals surface area contributed by atoms with Crippen LogP contribution in [0.5, 0.6) is 0 Å². The van der Waals surface area contributed by atoms with E-state index in [2.05, 4.69) is 17.1 Å². The molecule has 0 aliphatic heterocycles. The van der Waals surface area contributed by atoms with E-state index in [-0.39, 0.29) is 23.8 Å². The Morgan fingerprint density at radius 3 is 2.17 bits per heavy atom. The Kier molecular flexibility index (Phi) is 10.6. The summed E-state index contributed by atoms with van der Waals surface area (Å²) in [5.74, 6) is 0.168. The normalized spacial score (nSPS) is 11.0. The van der Waals surface area contributed by atoms with Crippen LogP contribution in [0.1, 0.15) is 43.4 Å². The number of halogens is 2. The van der Waals surface area contributed by atoms with Gasteiger partial charge in [-0.2, -0.15) is 4.98 Å². The number of rotatable bonds is 12. The van der Waals surface area contributed by atoms with Crippen LogP contribution < -0.4 is 5.56 Å². The second kappa shape index (κ2) is 14.3. The fourth-order valence-electron chi connectivity index (χ4n) is 4.39. The molecule has 4 rings (SSSR count). The van der Waals surface area contributed by atoms with Crippen LogP contribution >= 0.6 is 23.4 Å². The number of carbonyl (C=O) groups excluding carboxylic acids is 1. The molecule has 208 valence electrons. The topological polar surface area (TPSA) is 55.2 Å². The largest absolute Gasteiger partial charge is 0.337 e. The summed E-state index contributed by atoms with van der Waals surface area (Å²) in [6.07, 6.45) is 4.00. The number of nitrogens with zero attached hydrogens (tertiary/aromatic N) is 3. The first-order valence-corrected chi connectivity index (χ1v) is 14.8. The number of hydrogen-bond donors (Lipinski definition) is 0. The summed E-state index contributed by atoms with van der Waals surface area (Å²) in [5, 5.41) is 1.18. The molecule has 0 saturated carbocycles. The minimum absolute atomic E-state index is 0.0415. The number of thioether (sulfide) groups is 1. The molecule has 0 aliphatic carbocycles. The second-order valence-corrected chi connectivity index (χ2v) is 11.0. The van der Waals surface area contributed by atoms with Crippen LogP contribution in [0.15, 0.2) is 88.9 Å². The maximum atomic E-state index is 13.6. The Balaban J connectivity index is 1.51. The van der Waals surface area contributed by atoms with Crippen molar-refractivity contribution in [2.75, 3.05) is 6.54 Å². The molecular formula is C32H33ClFN3O2S. The maximum Gasteiger partial charge on any atom is 0.276 e. The zero-order valence-electron chi connectivity index (χ0n) is 22.8. The Labute approximate surface area is 244 Å². The van der Waals surface area contributed by atoms with E-state index in [1.54, 1.807) is 22.9 Å². The molecule has 0 N–H and O–H groups in total. The van der Waals surface area contributed by atoms with E-state index in [9.17, 15) is 14.0 Å². The molecule has 0 bridgehead atoms. The molecule has 0 unspecified atom stereocenters. The Morgan fingerprint density at radius 2 is 1.55 bits per heavy atom. The molecule has 0 aliphatic rings. The first-order valence-electron chi connectivity index (χ1n) is 13.5. The first-order chi connectivity index (χ1) is 19.4. The van der Waals surface area contributed by atoms with Gasteiger partial charge in [0.2, 0.25) is 5.91 Å². The van der Waals surface area contributed by atoms with Crippen molar-refractivity contribution in [1.82, 2.24) is 14.5 Å². The maximum absolute atomic E-state index is 13.6. The van der Waals surface area contributed by atoms with Gasteiger partial charge in [-0.15, -0.1) is 0 Å². The van der Waals surface area contributed by atoms with E-state index >= 15 is 0 Å². The second-order valence-electron chi connectivity index (χ2n) is 9.67. The van der Waals surface area contributed by atoms with Crippen LogP contribution in [0.25, 0.3) is 11.1 Å². The number of aryl methyl sites for hydroxylation is 1. The molecule has 0 radical (unpaired) electrons. The van der Waals surface area contributed by atoms with Crippen LogP contribution in [0.3, 0.4) is 0 Å². The predicted molar refractivity (Wildman–Crippen MR) is 161 cm³/mol. The van der Waals surface area contributed by atoms with Crippen LogP contribution in [-0.2, 0) is 30.1 Å². The van der Waals surface area contributed by atoms with E-state index in [4.69, 9.17) is 11.6 Å². The number of amides is 1. The van der Waals surface area contributed by atoms with Crippen molar-refractivity contribution in [3.05, 3.63) is 117 Å². The van der Waals surface area contributed by atoms with Crippen LogP contribution in [0, 0.1) is 5.82 Å². The van der Waals surface area contributed by atoms with E-state index < -0.39 is 0 Å². The molecule has 0 atom stereocenters. The smallest absolute Gasteiger partial charge is 0.276 e. The molecule has 40 heavy (non-hydrogen) atoms. The minimum atomic E-state index is -0.297. The van der Waals surface area contributed by atoms with Gasteiger partial charge in [-0.05, 0) is 59.4 Å². The fourth-order valence-corrected chi connectivity index (χ4v) is 5.44. The lowest BCUT2D eigenvalue weighted by Gasteiger charge is -2.24. The summed E-state index contributed by atoms with van der Waals surface area (Å²) in [6, 6.07) is 22.2. The molecule has 0 spiro atoms. The molecule has 1 heterocycles. The summed E-state index contributed by atoms with van der Waals surface area (Å²) in [4.78, 5) is 32.4. The molecular weight excluding hydrogens is 545 g/mol. The van der Waals surface area contributed by atoms with Crippen molar-refractivity contribution in [3.63, 3.8) is 0 Å². The highest BCUT2D eigenvalue weighted by Crippen LogP contribution is 2.24. The van der Waals surface area contributed by atoms with E-state index in [1.165, 1.54) is 23.9 Å². The van der Waals surface area contributed by atoms with E-state index in [1.807, 2.05) is 55.1 Å². The van der Waals surface area contributed by atoms with Gasteiger partial charge < -0.3 is 9.47 Å². The van der Waals surface area contributed by atoms with Crippen molar-refractivity contribution < 1.29 is 9.18 Å². The predicted octanol–water partition coefficient (Wildman–Crippen LogP) is 7.39. The zero-order chi connectivity index (χ0) is 28.5. The van der Waals surface area contributed by atoms with Crippen LogP contribution in [0.4, 0.5) is 4.39 Å². The van der Waals surface area contributed by atoms with Gasteiger partial charge in [-0.25, -0.2) is 4.39 Å². The Morgan fingerprint density at radius 1 is 0.925 bits per heavy atom. The highest BCUT2D eigenvalue weighted by atomic mass is 35.5. The third-order valence-electron chi connectivity index (χ3n) is 6.49. The molecule has 4 aromatic rings. The van der Waals surface area contributed by atoms with Gasteiger partial charge in [0.05, 0.1) is 0 Å². The molecule has 1 amide bonds. The van der Waals surface area contributed by atoms with Gasteiger partial charge in [0.25, 0.3) is 5.56 Å². The number of carbonyl (C=O) groups is 1. The van der Waals surface area contributed by atoms with Gasteiger partial charge in [-0.1, -0.05) is 92.2 Å². The van der Waals surface area contributed by atoms with Gasteiger partial charge in [0, 0.05) is 35.6 Å². The van der Waals surface area contributed by atoms with Crippen molar-refractivity contribution in [3.8, 4) is 11.1 Å². The first kappa shape index (κ1) is 29.6. The lowest BCUT2D eigenvalue weighted by atomic mass is 10.0. The zero-order valence-corrected chi connectivity index (χ0v) is 24.4. The van der Waals surface area contributed by atoms with E-state index in [0.717, 1.165) is 35.1 Å². The molecule has 0 fully saturated rings. The Bertz CT molecular complexity index is 1470. The standard InChI is InChI=1S/C32H33ClFN3O2S/c1-3-5-27-20-37(32(35-31(27)39)40-22-24-8-16-29(34)17-9-24)21-30(38)36(18-4-2)19-23-6-10-25(11-7-23)26-12-14-28(33)15-13-26/h6-17,20H,3-5,18-19,21-22H2,1-2H3. The monoisotopic (exact) mass is 577 g/mol. The van der Waals surface area contributed by atoms with Crippen molar-refractivity contribution >= 4 is 29.3 Å². The van der Waals surface area contributed by atoms with E-state index in [0.29, 0.717) is 41.0 Å². The molecule has 1 aromatic heterocycles. The number of hydrogen-bond acceptors (Lipinski definition) is 4. The summed E-state index contributed by atoms with van der Waals surface area (Å²) >= 11 is 7.39. The van der Waals surface area contributed by atoms with Crippen molar-refractivity contribution in [2.24, 2.45) is 0 Å². The summed E-state index contributed by atoms with van der Waals surface area (Å²) in [6.45, 7) is 5.24. The highest BCUT2D eigenvalue weighted by molar-refractivity contribution is 7.98. The molecule has 3 aromatic carbocycles. The lowest BCUT2D eigenvalue weighted by molar-refractivity contribution is -0.132. The Hall–Kier alpha value is -3.42. The fraction of sp³-hybridized carbons (Fsp3) is 0.281. The van der Waals surface area contributed by atoms with Gasteiger partial charge in [0.15, 0.2) is 5.16 Å². The third kappa shape index (κ3) is 8.05. The van der Waals surface area contributed by atoms with Crippen LogP contribution in [0.2, 0.25) is 5.02 Å². The van der Waals surface area contributed by atoms with Gasteiger partial charge >= 0.3 is 0 Å². The SMILES string of the molecule is CCCc1cn(CC(=O)N(CCC)Cc2ccc(-c3ccc(Cl)cc3)cc2)c(SCc2ccc(F)cc2)nc1=O. The van der Waals surface area contributed by atoms with Crippen molar-refractivity contribution in [1.29, 1.82) is 0 Å². The molecule has 0 saturated heterocycles. The van der Waals surface area contributed by atoms with Crippen molar-refractivity contribution in [2.45, 2.75) is 57.1 Å². The van der Waals surface area contributed by atoms with Gasteiger partial charge in [0.1, 0.15) is 12.4 Å². The quantitative estimate of drug-likeness (QED) is 0.130. The van der Waals surface area contributed by atoms with Crippen LogP contribution in [-0.4, -0.2) is 26.9 Å². The molecule has 5 nitrogen and oxygen atoms in total. The third-order valence-corrected chi connectivity index (χ3v) is 7.80. The summed E-state index contributed by atoms with van der Waals surface area (Å²) < 4.78 is 15.1. The minimum Gasteiger partial charge on any atom is -0.337 e. The highest BCUT2D eigenvalue weighted by Gasteiger charge is 2.18. The van der Waals surface area contributed by atoms with Gasteiger partial charge in [-0.3, -0.25) is 9.59 Å². The summed E-state index contributed by atoms with van der Waals surface area (Å²) in [7, 11) is 0. The average molecular weight is 578 g/mol. The average Bonchev–Trinajstić information content (AvgIpc) is 2.95.